The maximum absolute atomic E-state index is 5.77. The van der Waals surface area contributed by atoms with Crippen molar-refractivity contribution >= 4 is 0 Å². The molecule has 1 atom stereocenters. The van der Waals surface area contributed by atoms with Crippen LogP contribution in [0.2, 0.25) is 0 Å². The van der Waals surface area contributed by atoms with Gasteiger partial charge in [-0.3, -0.25) is 11.3 Å². The fraction of sp³-hybridized carbons (Fsp3) is 1.00. The second kappa shape index (κ2) is 6.58. The third-order valence-corrected chi connectivity index (χ3v) is 3.97. The molecule has 1 aliphatic carbocycles. The fourth-order valence-corrected chi connectivity index (χ4v) is 2.90. The smallest absolute Gasteiger partial charge is 0.0844 e. The topological polar surface area (TPSA) is 47.3 Å². The molecule has 1 unspecified atom stereocenters. The predicted molar refractivity (Wildman–Crippen MR) is 68.0 cm³/mol. The fourth-order valence-electron chi connectivity index (χ4n) is 2.90. The molecule has 3 N–H and O–H groups in total. The number of hydrazine groups is 1. The molecule has 0 amide bonds. The number of nitrogens with one attached hydrogen (secondary N) is 1. The summed E-state index contributed by atoms with van der Waals surface area (Å²) in [7, 11) is 1.83. The van der Waals surface area contributed by atoms with Crippen molar-refractivity contribution in [2.75, 3.05) is 7.11 Å². The zero-order valence-corrected chi connectivity index (χ0v) is 11.1. The molecule has 0 heterocycles. The summed E-state index contributed by atoms with van der Waals surface area (Å²) in [6, 6.07) is 0.318. The van der Waals surface area contributed by atoms with Gasteiger partial charge in [-0.25, -0.2) is 0 Å². The van der Waals surface area contributed by atoms with Crippen molar-refractivity contribution < 1.29 is 4.74 Å². The van der Waals surface area contributed by atoms with E-state index in [1.165, 1.54) is 25.7 Å². The second-order valence-corrected chi connectivity index (χ2v) is 5.52. The predicted octanol–water partition coefficient (Wildman–Crippen LogP) is 2.60. The summed E-state index contributed by atoms with van der Waals surface area (Å²) in [6.07, 6.45) is 8.49. The molecule has 3 nitrogen and oxygen atoms in total. The van der Waals surface area contributed by atoms with Gasteiger partial charge in [-0.2, -0.15) is 0 Å². The molecule has 96 valence electrons. The van der Waals surface area contributed by atoms with Crippen LogP contribution in [0.5, 0.6) is 0 Å². The lowest BCUT2D eigenvalue weighted by atomic mass is 9.88. The van der Waals surface area contributed by atoms with Gasteiger partial charge in [-0.15, -0.1) is 0 Å². The lowest BCUT2D eigenvalue weighted by molar-refractivity contribution is -0.0385. The highest BCUT2D eigenvalue weighted by Crippen LogP contribution is 2.37. The lowest BCUT2D eigenvalue weighted by Crippen LogP contribution is -2.53. The summed E-state index contributed by atoms with van der Waals surface area (Å²) in [6.45, 7) is 4.54. The van der Waals surface area contributed by atoms with E-state index >= 15 is 0 Å². The van der Waals surface area contributed by atoms with Gasteiger partial charge < -0.3 is 4.74 Å². The van der Waals surface area contributed by atoms with Crippen molar-refractivity contribution in [3.63, 3.8) is 0 Å². The van der Waals surface area contributed by atoms with E-state index in [1.807, 2.05) is 7.11 Å². The maximum atomic E-state index is 5.77. The van der Waals surface area contributed by atoms with E-state index in [0.29, 0.717) is 6.04 Å². The first-order valence-electron chi connectivity index (χ1n) is 6.66. The molecule has 0 aromatic carbocycles. The van der Waals surface area contributed by atoms with Crippen molar-refractivity contribution in [2.45, 2.75) is 70.4 Å². The number of hydrogen-bond acceptors (Lipinski definition) is 3. The minimum Gasteiger partial charge on any atom is -0.377 e. The van der Waals surface area contributed by atoms with Crippen LogP contribution in [-0.2, 0) is 4.74 Å². The Hall–Kier alpha value is -0.120. The Morgan fingerprint density at radius 2 is 1.88 bits per heavy atom. The van der Waals surface area contributed by atoms with Gasteiger partial charge in [0.1, 0.15) is 0 Å². The van der Waals surface area contributed by atoms with Crippen LogP contribution in [0.3, 0.4) is 0 Å². The van der Waals surface area contributed by atoms with Crippen molar-refractivity contribution in [2.24, 2.45) is 11.8 Å². The molecule has 0 aliphatic heterocycles. The Kier molecular flexibility index (Phi) is 5.73. The Balaban J connectivity index is 2.44. The monoisotopic (exact) mass is 228 g/mol. The van der Waals surface area contributed by atoms with E-state index in [2.05, 4.69) is 19.3 Å². The molecule has 3 heteroatoms. The van der Waals surface area contributed by atoms with Crippen LogP contribution in [0.25, 0.3) is 0 Å². The Morgan fingerprint density at radius 3 is 2.31 bits per heavy atom. The Labute approximate surface area is 100 Å². The third-order valence-electron chi connectivity index (χ3n) is 3.97. The van der Waals surface area contributed by atoms with E-state index in [4.69, 9.17) is 10.6 Å². The van der Waals surface area contributed by atoms with E-state index < -0.39 is 0 Å². The molecule has 1 fully saturated rings. The van der Waals surface area contributed by atoms with Gasteiger partial charge in [-0.1, -0.05) is 39.5 Å². The average Bonchev–Trinajstić information content (AvgIpc) is 2.73. The molecule has 1 saturated carbocycles. The first-order chi connectivity index (χ1) is 7.64. The summed E-state index contributed by atoms with van der Waals surface area (Å²) < 4.78 is 5.77. The molecule has 0 spiro atoms. The zero-order chi connectivity index (χ0) is 12.0. The van der Waals surface area contributed by atoms with E-state index in [-0.39, 0.29) is 5.60 Å². The van der Waals surface area contributed by atoms with Gasteiger partial charge in [-0.05, 0) is 25.2 Å². The number of nitrogens with two attached hydrogens (primary N) is 1. The molecule has 1 aliphatic rings. The van der Waals surface area contributed by atoms with Crippen LogP contribution in [0.1, 0.15) is 58.8 Å². The zero-order valence-electron chi connectivity index (χ0n) is 11.1. The minimum absolute atomic E-state index is 0.00568. The maximum Gasteiger partial charge on any atom is 0.0844 e. The van der Waals surface area contributed by atoms with Crippen LogP contribution in [0.15, 0.2) is 0 Å². The average molecular weight is 228 g/mol. The van der Waals surface area contributed by atoms with Gasteiger partial charge in [0.2, 0.25) is 0 Å². The van der Waals surface area contributed by atoms with Crippen molar-refractivity contribution in [3.8, 4) is 0 Å². The summed E-state index contributed by atoms with van der Waals surface area (Å²) in [4.78, 5) is 0. The van der Waals surface area contributed by atoms with Crippen LogP contribution in [0.4, 0.5) is 0 Å². The lowest BCUT2D eigenvalue weighted by Gasteiger charge is -2.36. The van der Waals surface area contributed by atoms with Gasteiger partial charge in [0.15, 0.2) is 0 Å². The second-order valence-electron chi connectivity index (χ2n) is 5.52. The van der Waals surface area contributed by atoms with Crippen LogP contribution < -0.4 is 11.3 Å². The third kappa shape index (κ3) is 3.44. The number of ether oxygens (including phenoxy) is 1. The summed E-state index contributed by atoms with van der Waals surface area (Å²) in [5, 5.41) is 0. The highest BCUT2D eigenvalue weighted by Gasteiger charge is 2.40. The minimum atomic E-state index is 0.00568. The van der Waals surface area contributed by atoms with E-state index in [0.717, 1.165) is 25.2 Å². The quantitative estimate of drug-likeness (QED) is 0.520. The number of methoxy groups -OCH3 is 1. The normalized spacial score (nSPS) is 21.6. The largest absolute Gasteiger partial charge is 0.377 e. The Morgan fingerprint density at radius 1 is 1.25 bits per heavy atom. The van der Waals surface area contributed by atoms with E-state index in [1.54, 1.807) is 0 Å². The Bertz CT molecular complexity index is 188. The SMILES string of the molecule is COC1(C(CCCC(C)C)NN)CCCC1. The molecule has 0 saturated heterocycles. The van der Waals surface area contributed by atoms with Crippen LogP contribution >= 0.6 is 0 Å². The van der Waals surface area contributed by atoms with Crippen LogP contribution in [0, 0.1) is 5.92 Å². The molecule has 0 bridgehead atoms. The summed E-state index contributed by atoms with van der Waals surface area (Å²) in [5.41, 5.74) is 2.99. The number of rotatable bonds is 7. The van der Waals surface area contributed by atoms with Crippen molar-refractivity contribution in [1.82, 2.24) is 5.43 Å². The molecule has 1 rings (SSSR count). The first-order valence-corrected chi connectivity index (χ1v) is 6.66. The van der Waals surface area contributed by atoms with Gasteiger partial charge in [0.25, 0.3) is 0 Å². The standard InChI is InChI=1S/C13H28N2O/c1-11(2)7-6-8-12(15-14)13(16-3)9-4-5-10-13/h11-12,15H,4-10,14H2,1-3H3. The summed E-state index contributed by atoms with van der Waals surface area (Å²) in [5.74, 6) is 6.48. The molecule has 0 aromatic heterocycles. The molecule has 0 aromatic rings. The van der Waals surface area contributed by atoms with Crippen molar-refractivity contribution in [1.29, 1.82) is 0 Å². The molecular weight excluding hydrogens is 200 g/mol. The molecule has 0 radical (unpaired) electrons. The van der Waals surface area contributed by atoms with Gasteiger partial charge in [0, 0.05) is 7.11 Å². The first kappa shape index (κ1) is 13.9. The highest BCUT2D eigenvalue weighted by atomic mass is 16.5. The van der Waals surface area contributed by atoms with Crippen LogP contribution in [-0.4, -0.2) is 18.8 Å². The number of hydrogen-bond donors (Lipinski definition) is 2. The molecule has 16 heavy (non-hydrogen) atoms. The van der Waals surface area contributed by atoms with E-state index in [9.17, 15) is 0 Å². The van der Waals surface area contributed by atoms with Gasteiger partial charge >= 0.3 is 0 Å². The molecular formula is C13H28N2O. The highest BCUT2D eigenvalue weighted by molar-refractivity contribution is 4.95. The van der Waals surface area contributed by atoms with Gasteiger partial charge in [0.05, 0.1) is 11.6 Å². The summed E-state index contributed by atoms with van der Waals surface area (Å²) >= 11 is 0. The van der Waals surface area contributed by atoms with Crippen molar-refractivity contribution in [3.05, 3.63) is 0 Å².